The van der Waals surface area contributed by atoms with Crippen molar-refractivity contribution in [3.05, 3.63) is 90.0 Å². The van der Waals surface area contributed by atoms with E-state index in [-0.39, 0.29) is 48.2 Å². The summed E-state index contributed by atoms with van der Waals surface area (Å²) in [6.45, 7) is 5.82. The van der Waals surface area contributed by atoms with E-state index in [1.165, 1.54) is 19.2 Å². The standard InChI is InChI=1S/C33H34N2O9S/c1-33(2,3)22-8-11-24(12-9-22)35(45(38)39)27-16-21(32(37)34-23-10-13-28-29(18-23)43-20-42-28)17-30(41-15-14-36)31(27)44-26-7-5-6-25(19-26)40-4/h5-13,16-19,36H,14-15,20H2,1-4H3,(H,34,37)(H,38,39). The molecule has 3 N–H and O–H groups in total. The van der Waals surface area contributed by atoms with E-state index in [1.54, 1.807) is 54.6 Å². The third-order valence-corrected chi connectivity index (χ3v) is 7.60. The number of amides is 1. The highest BCUT2D eigenvalue weighted by atomic mass is 32.2. The van der Waals surface area contributed by atoms with Crippen molar-refractivity contribution in [3.8, 4) is 34.5 Å². The summed E-state index contributed by atoms with van der Waals surface area (Å²) < 4.78 is 53.1. The van der Waals surface area contributed by atoms with Gasteiger partial charge in [0.25, 0.3) is 17.2 Å². The maximum atomic E-state index is 13.6. The molecule has 5 rings (SSSR count). The predicted octanol–water partition coefficient (Wildman–Crippen LogP) is 6.41. The van der Waals surface area contributed by atoms with E-state index in [2.05, 4.69) is 26.1 Å². The number of fused-ring (bicyclic) bond motifs is 1. The Hall–Kier alpha value is -4.78. The highest BCUT2D eigenvalue weighted by Gasteiger charge is 2.27. The zero-order valence-electron chi connectivity index (χ0n) is 25.2. The summed E-state index contributed by atoms with van der Waals surface area (Å²) in [5.74, 6) is 1.47. The van der Waals surface area contributed by atoms with Gasteiger partial charge < -0.3 is 34.1 Å². The lowest BCUT2D eigenvalue weighted by molar-refractivity contribution is 0.102. The number of aliphatic hydroxyl groups is 1. The number of ether oxygens (including phenoxy) is 5. The van der Waals surface area contributed by atoms with Crippen molar-refractivity contribution < 1.29 is 42.3 Å². The van der Waals surface area contributed by atoms with E-state index in [9.17, 15) is 18.7 Å². The molecule has 0 spiro atoms. The first kappa shape index (κ1) is 31.6. The van der Waals surface area contributed by atoms with Crippen LogP contribution >= 0.6 is 0 Å². The maximum Gasteiger partial charge on any atom is 0.266 e. The van der Waals surface area contributed by atoms with Crippen LogP contribution in [0, 0.1) is 0 Å². The van der Waals surface area contributed by atoms with Crippen LogP contribution in [-0.2, 0) is 16.7 Å². The molecule has 4 aromatic carbocycles. The molecule has 0 bridgehead atoms. The molecule has 45 heavy (non-hydrogen) atoms. The molecule has 0 fully saturated rings. The minimum Gasteiger partial charge on any atom is -0.497 e. The number of methoxy groups -OCH3 is 1. The number of anilines is 3. The predicted molar refractivity (Wildman–Crippen MR) is 171 cm³/mol. The third-order valence-electron chi connectivity index (χ3n) is 6.88. The van der Waals surface area contributed by atoms with Gasteiger partial charge in [-0.3, -0.25) is 9.35 Å². The van der Waals surface area contributed by atoms with Gasteiger partial charge in [-0.05, 0) is 59.5 Å². The fourth-order valence-electron chi connectivity index (χ4n) is 4.61. The molecule has 1 aliphatic heterocycles. The first-order chi connectivity index (χ1) is 21.6. The van der Waals surface area contributed by atoms with Gasteiger partial charge in [0.05, 0.1) is 19.4 Å². The van der Waals surface area contributed by atoms with Gasteiger partial charge in [0, 0.05) is 23.4 Å². The van der Waals surface area contributed by atoms with Gasteiger partial charge in [0.15, 0.2) is 23.0 Å². The molecule has 1 amide bonds. The summed E-state index contributed by atoms with van der Waals surface area (Å²) >= 11 is -2.62. The van der Waals surface area contributed by atoms with E-state index < -0.39 is 17.2 Å². The summed E-state index contributed by atoms with van der Waals surface area (Å²) in [7, 11) is 1.52. The number of benzene rings is 4. The lowest BCUT2D eigenvalue weighted by atomic mass is 9.87. The number of nitrogens with one attached hydrogen (secondary N) is 1. The Kier molecular flexibility index (Phi) is 9.47. The van der Waals surface area contributed by atoms with Crippen molar-refractivity contribution in [2.45, 2.75) is 26.2 Å². The molecule has 236 valence electrons. The highest BCUT2D eigenvalue weighted by Crippen LogP contribution is 2.46. The summed E-state index contributed by atoms with van der Waals surface area (Å²) in [6, 6.07) is 21.8. The normalized spacial score (nSPS) is 12.8. The lowest BCUT2D eigenvalue weighted by Gasteiger charge is -2.26. The Morgan fingerprint density at radius 3 is 2.40 bits per heavy atom. The van der Waals surface area contributed by atoms with Crippen LogP contribution in [0.5, 0.6) is 34.5 Å². The van der Waals surface area contributed by atoms with Crippen LogP contribution in [0.4, 0.5) is 17.1 Å². The molecule has 1 atom stereocenters. The average Bonchev–Trinajstić information content (AvgIpc) is 3.49. The van der Waals surface area contributed by atoms with Crippen LogP contribution in [0.3, 0.4) is 0 Å². The summed E-state index contributed by atoms with van der Waals surface area (Å²) in [5, 5.41) is 12.4. The van der Waals surface area contributed by atoms with Gasteiger partial charge in [0.1, 0.15) is 23.8 Å². The second kappa shape index (κ2) is 13.5. The van der Waals surface area contributed by atoms with Crippen LogP contribution in [0.1, 0.15) is 36.7 Å². The first-order valence-corrected chi connectivity index (χ1v) is 15.1. The van der Waals surface area contributed by atoms with Gasteiger partial charge in [-0.15, -0.1) is 0 Å². The second-order valence-electron chi connectivity index (χ2n) is 11.0. The van der Waals surface area contributed by atoms with Gasteiger partial charge in [-0.25, -0.2) is 8.51 Å². The smallest absolute Gasteiger partial charge is 0.266 e. The number of hydrogen-bond donors (Lipinski definition) is 3. The molecule has 1 aliphatic rings. The number of carbonyl (C=O) groups is 1. The van der Waals surface area contributed by atoms with Crippen LogP contribution in [0.2, 0.25) is 0 Å². The van der Waals surface area contributed by atoms with Crippen LogP contribution in [0.15, 0.2) is 78.9 Å². The van der Waals surface area contributed by atoms with E-state index in [4.69, 9.17) is 23.7 Å². The number of rotatable bonds is 11. The van der Waals surface area contributed by atoms with Gasteiger partial charge >= 0.3 is 0 Å². The molecular weight excluding hydrogens is 600 g/mol. The number of nitrogens with zero attached hydrogens (tertiary/aromatic N) is 1. The Morgan fingerprint density at radius 2 is 1.71 bits per heavy atom. The fraction of sp³-hybridized carbons (Fsp3) is 0.242. The minimum atomic E-state index is -2.62. The summed E-state index contributed by atoms with van der Waals surface area (Å²) in [6.07, 6.45) is 0. The van der Waals surface area contributed by atoms with E-state index in [0.717, 1.165) is 9.87 Å². The Labute approximate surface area is 263 Å². The SMILES string of the molecule is COc1cccc(Oc2c(OCCO)cc(C(=O)Nc3ccc4c(c3)OCO4)cc2N(c2ccc(C(C)(C)C)cc2)S(=O)O)c1. The van der Waals surface area contributed by atoms with Crippen molar-refractivity contribution in [2.24, 2.45) is 0 Å². The molecule has 0 aromatic heterocycles. The maximum absolute atomic E-state index is 13.6. The first-order valence-electron chi connectivity index (χ1n) is 14.0. The Balaban J connectivity index is 1.64. The zero-order valence-corrected chi connectivity index (χ0v) is 26.1. The molecule has 0 aliphatic carbocycles. The van der Waals surface area contributed by atoms with E-state index >= 15 is 0 Å². The summed E-state index contributed by atoms with van der Waals surface area (Å²) in [4.78, 5) is 13.6. The van der Waals surface area contributed by atoms with Crippen molar-refractivity contribution in [1.29, 1.82) is 0 Å². The van der Waals surface area contributed by atoms with Gasteiger partial charge in [0.2, 0.25) is 6.79 Å². The van der Waals surface area contributed by atoms with Crippen LogP contribution in [-0.4, -0.2) is 46.9 Å². The van der Waals surface area contributed by atoms with E-state index in [1.807, 2.05) is 12.1 Å². The monoisotopic (exact) mass is 634 g/mol. The van der Waals surface area contributed by atoms with Gasteiger partial charge in [-0.2, -0.15) is 0 Å². The fourth-order valence-corrected chi connectivity index (χ4v) is 5.21. The molecule has 1 heterocycles. The molecule has 0 saturated carbocycles. The molecule has 11 nitrogen and oxygen atoms in total. The minimum absolute atomic E-state index is 0.0404. The largest absolute Gasteiger partial charge is 0.497 e. The van der Waals surface area contributed by atoms with Crippen LogP contribution < -0.4 is 33.3 Å². The van der Waals surface area contributed by atoms with Crippen molar-refractivity contribution in [3.63, 3.8) is 0 Å². The van der Waals surface area contributed by atoms with E-state index in [0.29, 0.717) is 34.4 Å². The van der Waals surface area contributed by atoms with Crippen LogP contribution in [0.25, 0.3) is 0 Å². The second-order valence-corrected chi connectivity index (χ2v) is 11.8. The number of aliphatic hydroxyl groups excluding tert-OH is 1. The molecule has 1 unspecified atom stereocenters. The average molecular weight is 635 g/mol. The molecule has 0 radical (unpaired) electrons. The topological polar surface area (TPSA) is 136 Å². The molecule has 12 heteroatoms. The van der Waals surface area contributed by atoms with Crippen molar-refractivity contribution in [1.82, 2.24) is 0 Å². The van der Waals surface area contributed by atoms with Gasteiger partial charge in [-0.1, -0.05) is 39.0 Å². The molecule has 4 aromatic rings. The quantitative estimate of drug-likeness (QED) is 0.160. The zero-order chi connectivity index (χ0) is 32.1. The molecular formula is C33H34N2O9S. The highest BCUT2D eigenvalue weighted by molar-refractivity contribution is 7.81. The summed E-state index contributed by atoms with van der Waals surface area (Å²) in [5.41, 5.74) is 1.83. The van der Waals surface area contributed by atoms with Crippen molar-refractivity contribution >= 4 is 34.2 Å². The number of carbonyl (C=O) groups excluding carboxylic acids is 1. The van der Waals surface area contributed by atoms with Crippen molar-refractivity contribution in [2.75, 3.05) is 36.7 Å². The molecule has 0 saturated heterocycles. The lowest BCUT2D eigenvalue weighted by Crippen LogP contribution is -2.22. The Morgan fingerprint density at radius 1 is 0.978 bits per heavy atom. The number of hydrogen-bond acceptors (Lipinski definition) is 8. The third kappa shape index (κ3) is 7.31. The Bertz CT molecular complexity index is 1700.